The lowest BCUT2D eigenvalue weighted by molar-refractivity contribution is -0.763. The fraction of sp³-hybridized carbons (Fsp3) is 0.386. The molecule has 1 fully saturated rings. The van der Waals surface area contributed by atoms with Gasteiger partial charge < -0.3 is 29.1 Å². The lowest BCUT2D eigenvalue weighted by atomic mass is 10.0. The Hall–Kier alpha value is -5.98. The highest BCUT2D eigenvalue weighted by Gasteiger charge is 2.22. The summed E-state index contributed by atoms with van der Waals surface area (Å²) in [4.78, 5) is 51.1. The molecule has 0 saturated heterocycles. The van der Waals surface area contributed by atoms with Crippen molar-refractivity contribution in [2.75, 3.05) is 13.7 Å². The number of hydrogen-bond acceptors (Lipinski definition) is 10. The molecular weight excluding hydrogens is 735 g/mol. The van der Waals surface area contributed by atoms with Gasteiger partial charge in [-0.2, -0.15) is 0 Å². The molecule has 13 heteroatoms. The number of nitrogens with one attached hydrogen (secondary N) is 1. The van der Waals surface area contributed by atoms with Crippen LogP contribution in [-0.2, 0) is 37.2 Å². The largest absolute Gasteiger partial charge is 0.493 e. The third-order valence-electron chi connectivity index (χ3n) is 8.67. The van der Waals surface area contributed by atoms with Gasteiger partial charge in [0.1, 0.15) is 31.6 Å². The van der Waals surface area contributed by atoms with Crippen molar-refractivity contribution in [3.05, 3.63) is 130 Å². The van der Waals surface area contributed by atoms with E-state index in [0.29, 0.717) is 35.4 Å². The molecule has 1 amide bonds. The number of carbonyl (C=O) groups is 3. The number of methoxy groups -OCH3 is 1. The molecule has 1 aliphatic rings. The van der Waals surface area contributed by atoms with E-state index in [0.717, 1.165) is 12.2 Å². The number of para-hydroxylation sites is 1. The zero-order chi connectivity index (χ0) is 41.5. The minimum absolute atomic E-state index is 0.0161. The number of carbonyl (C=O) groups excluding carboxylic acids is 3. The van der Waals surface area contributed by atoms with Crippen LogP contribution in [-0.4, -0.2) is 48.4 Å². The van der Waals surface area contributed by atoms with E-state index in [1.165, 1.54) is 51.0 Å². The van der Waals surface area contributed by atoms with E-state index in [4.69, 9.17) is 18.9 Å². The molecule has 0 spiro atoms. The Kier molecular flexibility index (Phi) is 19.5. The maximum Gasteiger partial charge on any atom is 0.333 e. The first kappa shape index (κ1) is 45.4. The minimum atomic E-state index is -1.39. The number of amides is 1. The third kappa shape index (κ3) is 18.5. The van der Waals surface area contributed by atoms with Crippen LogP contribution in [0.3, 0.4) is 0 Å². The smallest absolute Gasteiger partial charge is 0.333 e. The first-order valence-corrected chi connectivity index (χ1v) is 18.9. The Labute approximate surface area is 333 Å². The number of allylic oxidation sites excluding steroid dienone is 3. The molecule has 2 unspecified atom stereocenters. The Morgan fingerprint density at radius 1 is 1.00 bits per heavy atom. The molecule has 0 heterocycles. The van der Waals surface area contributed by atoms with Crippen LogP contribution in [0.25, 0.3) is 6.08 Å². The van der Waals surface area contributed by atoms with Crippen LogP contribution < -0.4 is 19.5 Å². The molecule has 3 aromatic rings. The van der Waals surface area contributed by atoms with Crippen LogP contribution >= 0.6 is 0 Å². The highest BCUT2D eigenvalue weighted by atomic mass is 19.1. The Morgan fingerprint density at radius 2 is 1.68 bits per heavy atom. The molecule has 0 aliphatic heterocycles. The molecule has 57 heavy (non-hydrogen) atoms. The summed E-state index contributed by atoms with van der Waals surface area (Å²) in [6.45, 7) is 4.95. The SMILES string of the molecule is C/C=C\CCCC(=O)NC(C)C(=O)Oc1ccc(/C=C/C(=O)OCc2ccc(CO[N+](=O)[O-])cc2)cc1OC.CC(F)(/C=C/C1CCCC1)COc1ccccc1. The second kappa shape index (κ2) is 24.5. The second-order valence-corrected chi connectivity index (χ2v) is 13.6. The Bertz CT molecular complexity index is 1800. The molecule has 2 atom stereocenters. The number of benzene rings is 3. The minimum Gasteiger partial charge on any atom is -0.493 e. The van der Waals surface area contributed by atoms with Crippen LogP contribution in [0.5, 0.6) is 17.2 Å². The maximum absolute atomic E-state index is 14.2. The zero-order valence-corrected chi connectivity index (χ0v) is 33.0. The van der Waals surface area contributed by atoms with Gasteiger partial charge in [0, 0.05) is 12.5 Å². The van der Waals surface area contributed by atoms with E-state index in [-0.39, 0.29) is 37.2 Å². The van der Waals surface area contributed by atoms with E-state index in [9.17, 15) is 28.9 Å². The van der Waals surface area contributed by atoms with E-state index in [1.54, 1.807) is 56.3 Å². The molecule has 12 nitrogen and oxygen atoms in total. The summed E-state index contributed by atoms with van der Waals surface area (Å²) in [5.41, 5.74) is 0.521. The molecule has 1 aliphatic carbocycles. The Balaban J connectivity index is 0.000000400. The first-order chi connectivity index (χ1) is 27.4. The third-order valence-corrected chi connectivity index (χ3v) is 8.67. The number of halogens is 1. The van der Waals surface area contributed by atoms with Gasteiger partial charge in [0.05, 0.1) is 7.11 Å². The molecule has 306 valence electrons. The molecule has 0 bridgehead atoms. The predicted octanol–water partition coefficient (Wildman–Crippen LogP) is 8.86. The number of ether oxygens (including phenoxy) is 4. The van der Waals surface area contributed by atoms with E-state index >= 15 is 0 Å². The fourth-order valence-electron chi connectivity index (χ4n) is 5.49. The van der Waals surface area contributed by atoms with Gasteiger partial charge in [-0.25, -0.2) is 14.0 Å². The predicted molar refractivity (Wildman–Crippen MR) is 215 cm³/mol. The van der Waals surface area contributed by atoms with Gasteiger partial charge in [-0.15, -0.1) is 10.1 Å². The van der Waals surface area contributed by atoms with Gasteiger partial charge >= 0.3 is 11.9 Å². The summed E-state index contributed by atoms with van der Waals surface area (Å²) >= 11 is 0. The van der Waals surface area contributed by atoms with Crippen molar-refractivity contribution >= 4 is 23.9 Å². The number of nitrogens with zero attached hydrogens (tertiary/aromatic N) is 1. The van der Waals surface area contributed by atoms with Gasteiger partial charge in [0.2, 0.25) is 5.91 Å². The summed E-state index contributed by atoms with van der Waals surface area (Å²) in [6.07, 6.45) is 17.1. The van der Waals surface area contributed by atoms with E-state index in [1.807, 2.05) is 55.5 Å². The summed E-state index contributed by atoms with van der Waals surface area (Å²) in [6, 6.07) is 19.9. The van der Waals surface area contributed by atoms with Crippen LogP contribution in [0.15, 0.2) is 103 Å². The molecule has 1 N–H and O–H groups in total. The molecule has 4 rings (SSSR count). The zero-order valence-electron chi connectivity index (χ0n) is 33.0. The van der Waals surface area contributed by atoms with Crippen molar-refractivity contribution in [2.24, 2.45) is 5.92 Å². The Morgan fingerprint density at radius 3 is 2.33 bits per heavy atom. The first-order valence-electron chi connectivity index (χ1n) is 18.9. The van der Waals surface area contributed by atoms with Crippen LogP contribution in [0.4, 0.5) is 4.39 Å². The van der Waals surface area contributed by atoms with E-state index in [2.05, 4.69) is 10.2 Å². The van der Waals surface area contributed by atoms with Crippen molar-refractivity contribution in [1.82, 2.24) is 5.32 Å². The normalized spacial score (nSPS) is 14.3. The highest BCUT2D eigenvalue weighted by Crippen LogP contribution is 2.29. The monoisotopic (exact) mass is 788 g/mol. The van der Waals surface area contributed by atoms with Crippen LogP contribution in [0.2, 0.25) is 0 Å². The molecular formula is C44H53FN2O10. The van der Waals surface area contributed by atoms with Crippen molar-refractivity contribution in [1.29, 1.82) is 0 Å². The summed E-state index contributed by atoms with van der Waals surface area (Å²) in [5.74, 6) is 0.268. The van der Waals surface area contributed by atoms with Crippen molar-refractivity contribution in [2.45, 2.75) is 90.6 Å². The van der Waals surface area contributed by atoms with Gasteiger partial charge in [-0.3, -0.25) is 4.79 Å². The second-order valence-electron chi connectivity index (χ2n) is 13.6. The lowest BCUT2D eigenvalue weighted by Gasteiger charge is -2.17. The number of esters is 2. The van der Waals surface area contributed by atoms with Crippen molar-refractivity contribution < 1.29 is 47.6 Å². The van der Waals surface area contributed by atoms with Crippen LogP contribution in [0, 0.1) is 16.0 Å². The van der Waals surface area contributed by atoms with E-state index < -0.39 is 28.7 Å². The number of alkyl halides is 1. The summed E-state index contributed by atoms with van der Waals surface area (Å²) < 4.78 is 35.6. The number of unbranched alkanes of at least 4 members (excludes halogenated alkanes) is 1. The van der Waals surface area contributed by atoms with Crippen molar-refractivity contribution in [3.8, 4) is 17.2 Å². The maximum atomic E-state index is 14.2. The summed E-state index contributed by atoms with van der Waals surface area (Å²) in [5, 5.41) is 12.0. The topological polar surface area (TPSA) is 153 Å². The van der Waals surface area contributed by atoms with Gasteiger partial charge in [-0.1, -0.05) is 79.6 Å². The van der Waals surface area contributed by atoms with Gasteiger partial charge in [-0.05, 0) is 105 Å². The van der Waals surface area contributed by atoms with Gasteiger partial charge in [0.15, 0.2) is 17.2 Å². The summed E-state index contributed by atoms with van der Waals surface area (Å²) in [7, 11) is 1.42. The standard InChI is InChI=1S/C28H32N2O9.C16H21FO/c1-4-5-6-7-8-26(31)29-20(2)28(33)39-24-15-13-21(17-25(24)36-3)14-16-27(32)37-18-22-9-11-23(12-10-22)19-38-30(34)35;1-16(17,12-11-14-7-5-6-8-14)13-18-15-9-3-2-4-10-15/h4-5,9-17,20H,6-8,18-19H2,1-3H3,(H,29,31);2-4,9-12,14H,5-8,13H2,1H3/b5-4-,16-14+;12-11+. The number of rotatable bonds is 20. The lowest BCUT2D eigenvalue weighted by Crippen LogP contribution is -2.40. The molecule has 0 radical (unpaired) electrons. The number of hydrogen-bond donors (Lipinski definition) is 1. The van der Waals surface area contributed by atoms with Crippen molar-refractivity contribution in [3.63, 3.8) is 0 Å². The molecule has 1 saturated carbocycles. The van der Waals surface area contributed by atoms with Crippen LogP contribution in [0.1, 0.15) is 82.4 Å². The molecule has 0 aromatic heterocycles. The quantitative estimate of drug-likeness (QED) is 0.0224. The van der Waals surface area contributed by atoms with Gasteiger partial charge in [0.25, 0.3) is 5.09 Å². The highest BCUT2D eigenvalue weighted by molar-refractivity contribution is 5.87. The molecule has 3 aromatic carbocycles. The fourth-order valence-corrected chi connectivity index (χ4v) is 5.49. The average molecular weight is 789 g/mol. The average Bonchev–Trinajstić information content (AvgIpc) is 3.74.